The normalized spacial score (nSPS) is 10.9. The van der Waals surface area contributed by atoms with Gasteiger partial charge in [0.1, 0.15) is 5.75 Å². The number of carbonyl (C=O) groups excluding carboxylic acids is 2. The van der Waals surface area contributed by atoms with Crippen molar-refractivity contribution in [2.45, 2.75) is 39.7 Å². The van der Waals surface area contributed by atoms with Gasteiger partial charge >= 0.3 is 5.97 Å². The zero-order chi connectivity index (χ0) is 21.5. The fraction of sp³-hybridized carbons (Fsp3) is 0.333. The van der Waals surface area contributed by atoms with E-state index in [0.29, 0.717) is 38.3 Å². The summed E-state index contributed by atoms with van der Waals surface area (Å²) in [5, 5.41) is 0.904. The van der Waals surface area contributed by atoms with Gasteiger partial charge in [-0.1, -0.05) is 36.4 Å². The second-order valence-electron chi connectivity index (χ2n) is 7.19. The van der Waals surface area contributed by atoms with E-state index in [1.165, 1.54) is 5.56 Å². The Hall–Kier alpha value is -3.28. The summed E-state index contributed by atoms with van der Waals surface area (Å²) in [5.74, 6) is 0.0927. The highest BCUT2D eigenvalue weighted by Gasteiger charge is 2.19. The third-order valence-corrected chi connectivity index (χ3v) is 5.06. The van der Waals surface area contributed by atoms with Crippen LogP contribution in [-0.4, -0.2) is 29.7 Å². The molecule has 6 heteroatoms. The quantitative estimate of drug-likeness (QED) is 0.409. The molecule has 0 spiro atoms. The van der Waals surface area contributed by atoms with Gasteiger partial charge in [0.05, 0.1) is 25.2 Å². The third-order valence-electron chi connectivity index (χ3n) is 5.06. The van der Waals surface area contributed by atoms with Crippen LogP contribution in [0.4, 0.5) is 0 Å². The van der Waals surface area contributed by atoms with Crippen molar-refractivity contribution in [1.82, 2.24) is 4.57 Å². The Morgan fingerprint density at radius 1 is 1.07 bits per heavy atom. The number of rotatable bonds is 10. The lowest BCUT2D eigenvalue weighted by atomic mass is 10.1. The largest absolute Gasteiger partial charge is 0.493 e. The second-order valence-corrected chi connectivity index (χ2v) is 7.19. The highest BCUT2D eigenvalue weighted by atomic mass is 16.5. The van der Waals surface area contributed by atoms with E-state index in [1.807, 2.05) is 43.3 Å². The van der Waals surface area contributed by atoms with E-state index in [9.17, 15) is 9.59 Å². The molecule has 0 aliphatic heterocycles. The Kier molecular flexibility index (Phi) is 7.12. The summed E-state index contributed by atoms with van der Waals surface area (Å²) < 4.78 is 13.2. The molecule has 0 radical (unpaired) electrons. The summed E-state index contributed by atoms with van der Waals surface area (Å²) in [6, 6.07) is 16.0. The maximum absolute atomic E-state index is 11.8. The number of nitrogens with zero attached hydrogens (tertiary/aromatic N) is 1. The zero-order valence-electron chi connectivity index (χ0n) is 17.5. The molecule has 158 valence electrons. The molecule has 1 heterocycles. The van der Waals surface area contributed by atoms with Gasteiger partial charge in [0, 0.05) is 24.0 Å². The van der Waals surface area contributed by atoms with Crippen LogP contribution in [0.2, 0.25) is 0 Å². The number of ether oxygens (including phenoxy) is 2. The summed E-state index contributed by atoms with van der Waals surface area (Å²) in [7, 11) is 0. The number of hydrogen-bond donors (Lipinski definition) is 1. The monoisotopic (exact) mass is 408 g/mol. The smallest absolute Gasteiger partial charge is 0.305 e. The van der Waals surface area contributed by atoms with Crippen LogP contribution in [0.25, 0.3) is 10.9 Å². The van der Waals surface area contributed by atoms with Crippen LogP contribution in [0, 0.1) is 6.92 Å². The Labute approximate surface area is 176 Å². The first-order valence-electron chi connectivity index (χ1n) is 10.2. The fourth-order valence-electron chi connectivity index (χ4n) is 3.68. The molecule has 30 heavy (non-hydrogen) atoms. The molecule has 0 atom stereocenters. The van der Waals surface area contributed by atoms with Crippen LogP contribution in [0.1, 0.15) is 36.6 Å². The molecule has 0 aliphatic carbocycles. The van der Waals surface area contributed by atoms with E-state index in [1.54, 1.807) is 6.92 Å². The van der Waals surface area contributed by atoms with Crippen LogP contribution in [0.15, 0.2) is 48.5 Å². The van der Waals surface area contributed by atoms with Gasteiger partial charge in [0.2, 0.25) is 5.91 Å². The van der Waals surface area contributed by atoms with Crippen molar-refractivity contribution < 1.29 is 19.1 Å². The molecule has 1 aromatic heterocycles. The Balaban J connectivity index is 1.91. The van der Waals surface area contributed by atoms with Crippen molar-refractivity contribution in [3.8, 4) is 5.75 Å². The van der Waals surface area contributed by atoms with Gasteiger partial charge in [-0.15, -0.1) is 0 Å². The molecule has 2 N–H and O–H groups in total. The molecule has 0 aliphatic rings. The van der Waals surface area contributed by atoms with Crippen LogP contribution in [0.5, 0.6) is 5.75 Å². The van der Waals surface area contributed by atoms with Gasteiger partial charge in [-0.05, 0) is 43.5 Å². The van der Waals surface area contributed by atoms with Crippen molar-refractivity contribution in [2.75, 3.05) is 13.2 Å². The predicted molar refractivity (Wildman–Crippen MR) is 116 cm³/mol. The van der Waals surface area contributed by atoms with E-state index >= 15 is 0 Å². The molecule has 0 bridgehead atoms. The first kappa shape index (κ1) is 21.4. The summed E-state index contributed by atoms with van der Waals surface area (Å²) in [4.78, 5) is 23.3. The number of benzene rings is 2. The SMILES string of the molecule is CCOC(=O)CCCOc1cccc2c1c(CC(N)=O)c(C)n2Cc1ccccc1. The Bertz CT molecular complexity index is 1020. The number of primary amides is 1. The lowest BCUT2D eigenvalue weighted by Crippen LogP contribution is -2.14. The van der Waals surface area contributed by atoms with Crippen LogP contribution >= 0.6 is 0 Å². The van der Waals surface area contributed by atoms with Crippen molar-refractivity contribution in [3.63, 3.8) is 0 Å². The number of esters is 1. The van der Waals surface area contributed by atoms with Crippen molar-refractivity contribution in [2.24, 2.45) is 5.73 Å². The van der Waals surface area contributed by atoms with Crippen molar-refractivity contribution in [3.05, 3.63) is 65.4 Å². The Morgan fingerprint density at radius 2 is 1.83 bits per heavy atom. The topological polar surface area (TPSA) is 83.6 Å². The second kappa shape index (κ2) is 9.96. The van der Waals surface area contributed by atoms with Gasteiger partial charge in [-0.2, -0.15) is 0 Å². The summed E-state index contributed by atoms with van der Waals surface area (Å²) in [6.45, 7) is 5.25. The molecular weight excluding hydrogens is 380 g/mol. The molecule has 0 fully saturated rings. The first-order chi connectivity index (χ1) is 14.5. The van der Waals surface area contributed by atoms with Crippen LogP contribution in [0.3, 0.4) is 0 Å². The number of aromatic nitrogens is 1. The molecule has 3 rings (SSSR count). The molecule has 3 aromatic rings. The maximum Gasteiger partial charge on any atom is 0.305 e. The lowest BCUT2D eigenvalue weighted by Gasteiger charge is -2.10. The van der Waals surface area contributed by atoms with Gasteiger partial charge in [-0.3, -0.25) is 9.59 Å². The summed E-state index contributed by atoms with van der Waals surface area (Å²) >= 11 is 0. The number of carbonyl (C=O) groups is 2. The van der Waals surface area contributed by atoms with Crippen LogP contribution in [-0.2, 0) is 27.3 Å². The highest BCUT2D eigenvalue weighted by molar-refractivity contribution is 5.94. The number of hydrogen-bond acceptors (Lipinski definition) is 4. The van der Waals surface area contributed by atoms with E-state index in [-0.39, 0.29) is 18.3 Å². The molecule has 0 saturated heterocycles. The minimum atomic E-state index is -0.381. The number of fused-ring (bicyclic) bond motifs is 1. The number of amides is 1. The lowest BCUT2D eigenvalue weighted by molar-refractivity contribution is -0.143. The van der Waals surface area contributed by atoms with E-state index < -0.39 is 0 Å². The molecule has 0 unspecified atom stereocenters. The molecule has 1 amide bonds. The Morgan fingerprint density at radius 3 is 2.53 bits per heavy atom. The summed E-state index contributed by atoms with van der Waals surface area (Å²) in [6.07, 6.45) is 1.02. The van der Waals surface area contributed by atoms with E-state index in [0.717, 1.165) is 22.2 Å². The van der Waals surface area contributed by atoms with Crippen molar-refractivity contribution in [1.29, 1.82) is 0 Å². The minimum Gasteiger partial charge on any atom is -0.493 e. The maximum atomic E-state index is 11.8. The molecular formula is C24H28N2O4. The predicted octanol–water partition coefficient (Wildman–Crippen LogP) is 3.75. The third kappa shape index (κ3) is 5.00. The fourth-order valence-corrected chi connectivity index (χ4v) is 3.68. The molecule has 6 nitrogen and oxygen atoms in total. The first-order valence-corrected chi connectivity index (χ1v) is 10.2. The minimum absolute atomic E-state index is 0.146. The van der Waals surface area contributed by atoms with Crippen LogP contribution < -0.4 is 10.5 Å². The van der Waals surface area contributed by atoms with Crippen molar-refractivity contribution >= 4 is 22.8 Å². The molecule has 0 saturated carbocycles. The zero-order valence-corrected chi connectivity index (χ0v) is 17.5. The summed E-state index contributed by atoms with van der Waals surface area (Å²) in [5.41, 5.74) is 9.58. The highest BCUT2D eigenvalue weighted by Crippen LogP contribution is 2.34. The average molecular weight is 408 g/mol. The van der Waals surface area contributed by atoms with E-state index in [2.05, 4.69) is 16.7 Å². The molecule has 2 aromatic carbocycles. The van der Waals surface area contributed by atoms with Gasteiger partial charge in [0.15, 0.2) is 0 Å². The van der Waals surface area contributed by atoms with E-state index in [4.69, 9.17) is 15.2 Å². The standard InChI is InChI=1S/C24H28N2O4/c1-3-29-23(28)13-8-14-30-21-12-7-11-20-24(21)19(15-22(25)27)17(2)26(20)16-18-9-5-4-6-10-18/h4-7,9-12H,3,8,13-16H2,1-2H3,(H2,25,27). The number of nitrogens with two attached hydrogens (primary N) is 1. The average Bonchev–Trinajstić information content (AvgIpc) is 2.98. The van der Waals surface area contributed by atoms with Gasteiger partial charge < -0.3 is 19.8 Å². The van der Waals surface area contributed by atoms with Gasteiger partial charge in [0.25, 0.3) is 0 Å². The van der Waals surface area contributed by atoms with Gasteiger partial charge in [-0.25, -0.2) is 0 Å².